The highest BCUT2D eigenvalue weighted by molar-refractivity contribution is 6.30. The predicted molar refractivity (Wildman–Crippen MR) is 63.3 cm³/mol. The minimum Gasteiger partial charge on any atom is -0.344 e. The first-order valence-corrected chi connectivity index (χ1v) is 5.78. The Labute approximate surface area is 100 Å². The molecule has 1 aromatic carbocycles. The number of hydrogen-bond donors (Lipinski definition) is 1. The number of benzene rings is 1. The van der Waals surface area contributed by atoms with E-state index >= 15 is 0 Å². The van der Waals surface area contributed by atoms with Crippen LogP contribution in [-0.2, 0) is 15.3 Å². The van der Waals surface area contributed by atoms with Crippen LogP contribution in [0.25, 0.3) is 0 Å². The molecular weight excluding hydrogens is 226 g/mol. The maximum Gasteiger partial charge on any atom is 0.207 e. The smallest absolute Gasteiger partial charge is 0.207 e. The van der Waals surface area contributed by atoms with Gasteiger partial charge in [0.1, 0.15) is 0 Å². The zero-order valence-electron chi connectivity index (χ0n) is 9.28. The summed E-state index contributed by atoms with van der Waals surface area (Å²) < 4.78 is 11.5. The first kappa shape index (κ1) is 11.9. The Balaban J connectivity index is 2.24. The van der Waals surface area contributed by atoms with Crippen LogP contribution in [0.4, 0.5) is 0 Å². The second-order valence-corrected chi connectivity index (χ2v) is 4.63. The van der Waals surface area contributed by atoms with Crippen LogP contribution in [0, 0.1) is 5.92 Å². The topological polar surface area (TPSA) is 44.5 Å². The van der Waals surface area contributed by atoms with Gasteiger partial charge in [-0.05, 0) is 12.1 Å². The summed E-state index contributed by atoms with van der Waals surface area (Å²) in [6.07, 6.45) is 0. The van der Waals surface area contributed by atoms with Gasteiger partial charge in [-0.15, -0.1) is 0 Å². The quantitative estimate of drug-likeness (QED) is 0.863. The molecule has 16 heavy (non-hydrogen) atoms. The zero-order valence-corrected chi connectivity index (χ0v) is 10.0. The van der Waals surface area contributed by atoms with Gasteiger partial charge in [0, 0.05) is 16.5 Å². The summed E-state index contributed by atoms with van der Waals surface area (Å²) >= 11 is 5.85. The highest BCUT2D eigenvalue weighted by Gasteiger charge is 2.37. The molecule has 2 rings (SSSR count). The van der Waals surface area contributed by atoms with Crippen LogP contribution in [0.1, 0.15) is 12.5 Å². The molecule has 1 aliphatic heterocycles. The van der Waals surface area contributed by atoms with Crippen molar-refractivity contribution in [1.29, 1.82) is 0 Å². The average molecular weight is 242 g/mol. The third-order valence-electron chi connectivity index (χ3n) is 2.75. The Kier molecular flexibility index (Phi) is 3.50. The number of nitrogens with two attached hydrogens (primary N) is 1. The summed E-state index contributed by atoms with van der Waals surface area (Å²) in [7, 11) is 0. The van der Waals surface area contributed by atoms with E-state index in [1.807, 2.05) is 24.3 Å². The van der Waals surface area contributed by atoms with Crippen LogP contribution in [-0.4, -0.2) is 19.8 Å². The number of hydrogen-bond acceptors (Lipinski definition) is 3. The Morgan fingerprint density at radius 2 is 1.88 bits per heavy atom. The molecule has 1 aromatic rings. The number of halogens is 1. The van der Waals surface area contributed by atoms with Crippen molar-refractivity contribution < 1.29 is 9.47 Å². The third-order valence-corrected chi connectivity index (χ3v) is 3.01. The van der Waals surface area contributed by atoms with Crippen molar-refractivity contribution in [3.8, 4) is 0 Å². The van der Waals surface area contributed by atoms with Gasteiger partial charge in [-0.2, -0.15) is 0 Å². The second-order valence-electron chi connectivity index (χ2n) is 4.19. The number of rotatable bonds is 2. The lowest BCUT2D eigenvalue weighted by molar-refractivity contribution is -0.284. The SMILES string of the molecule is CC1COC(CN)(c2ccc(Cl)cc2)OC1. The van der Waals surface area contributed by atoms with Gasteiger partial charge in [-0.3, -0.25) is 0 Å². The van der Waals surface area contributed by atoms with Crippen LogP contribution in [0.15, 0.2) is 24.3 Å². The van der Waals surface area contributed by atoms with E-state index in [0.29, 0.717) is 30.7 Å². The van der Waals surface area contributed by atoms with Crippen molar-refractivity contribution in [2.45, 2.75) is 12.7 Å². The first-order valence-electron chi connectivity index (χ1n) is 5.40. The average Bonchev–Trinajstić information content (AvgIpc) is 2.32. The highest BCUT2D eigenvalue weighted by Crippen LogP contribution is 2.31. The Bertz CT molecular complexity index is 345. The maximum absolute atomic E-state index is 5.85. The molecule has 0 spiro atoms. The minimum atomic E-state index is -0.795. The summed E-state index contributed by atoms with van der Waals surface area (Å²) in [6, 6.07) is 7.43. The van der Waals surface area contributed by atoms with E-state index in [2.05, 4.69) is 6.92 Å². The molecule has 1 aliphatic rings. The van der Waals surface area contributed by atoms with Gasteiger partial charge in [0.25, 0.3) is 0 Å². The van der Waals surface area contributed by atoms with Crippen molar-refractivity contribution in [3.63, 3.8) is 0 Å². The van der Waals surface area contributed by atoms with Crippen LogP contribution in [0.5, 0.6) is 0 Å². The summed E-state index contributed by atoms with van der Waals surface area (Å²) in [5.74, 6) is -0.385. The summed E-state index contributed by atoms with van der Waals surface area (Å²) in [4.78, 5) is 0. The van der Waals surface area contributed by atoms with E-state index in [1.54, 1.807) is 0 Å². The van der Waals surface area contributed by atoms with Gasteiger partial charge in [0.2, 0.25) is 5.79 Å². The van der Waals surface area contributed by atoms with Crippen LogP contribution in [0.2, 0.25) is 5.02 Å². The molecule has 4 heteroatoms. The fourth-order valence-electron chi connectivity index (χ4n) is 1.75. The number of ether oxygens (including phenoxy) is 2. The summed E-state index contributed by atoms with van der Waals surface area (Å²) in [5, 5.41) is 0.695. The van der Waals surface area contributed by atoms with Crippen LogP contribution >= 0.6 is 11.6 Å². The molecule has 1 saturated heterocycles. The molecule has 0 unspecified atom stereocenters. The van der Waals surface area contributed by atoms with E-state index in [4.69, 9.17) is 26.8 Å². The van der Waals surface area contributed by atoms with Gasteiger partial charge < -0.3 is 15.2 Å². The second kappa shape index (κ2) is 4.72. The van der Waals surface area contributed by atoms with E-state index < -0.39 is 5.79 Å². The highest BCUT2D eigenvalue weighted by atomic mass is 35.5. The van der Waals surface area contributed by atoms with E-state index in [-0.39, 0.29) is 0 Å². The van der Waals surface area contributed by atoms with Crippen molar-refractivity contribution >= 4 is 11.6 Å². The van der Waals surface area contributed by atoms with Crippen LogP contribution < -0.4 is 5.73 Å². The molecule has 0 amide bonds. The first-order chi connectivity index (χ1) is 7.66. The van der Waals surface area contributed by atoms with Crippen molar-refractivity contribution in [2.24, 2.45) is 11.7 Å². The molecule has 1 heterocycles. The lowest BCUT2D eigenvalue weighted by atomic mass is 10.0. The van der Waals surface area contributed by atoms with Crippen molar-refractivity contribution in [1.82, 2.24) is 0 Å². The standard InChI is InChI=1S/C12H16ClNO2/c1-9-6-15-12(8-14,16-7-9)10-2-4-11(13)5-3-10/h2-5,9H,6-8,14H2,1H3. The maximum atomic E-state index is 5.85. The fourth-order valence-corrected chi connectivity index (χ4v) is 1.88. The predicted octanol–water partition coefficient (Wildman–Crippen LogP) is 2.13. The van der Waals surface area contributed by atoms with Gasteiger partial charge in [0.15, 0.2) is 0 Å². The Morgan fingerprint density at radius 1 is 1.31 bits per heavy atom. The largest absolute Gasteiger partial charge is 0.344 e. The summed E-state index contributed by atoms with van der Waals surface area (Å²) in [5.41, 5.74) is 6.69. The van der Waals surface area contributed by atoms with E-state index in [9.17, 15) is 0 Å². The molecule has 3 nitrogen and oxygen atoms in total. The Morgan fingerprint density at radius 3 is 2.38 bits per heavy atom. The van der Waals surface area contributed by atoms with Gasteiger partial charge >= 0.3 is 0 Å². The molecule has 2 N–H and O–H groups in total. The fraction of sp³-hybridized carbons (Fsp3) is 0.500. The summed E-state index contributed by atoms with van der Waals surface area (Å²) in [6.45, 7) is 3.73. The lowest BCUT2D eigenvalue weighted by Crippen LogP contribution is -2.46. The molecule has 88 valence electrons. The van der Waals surface area contributed by atoms with Crippen molar-refractivity contribution in [3.05, 3.63) is 34.9 Å². The van der Waals surface area contributed by atoms with E-state index in [0.717, 1.165) is 5.56 Å². The molecule has 0 bridgehead atoms. The Hall–Kier alpha value is -0.610. The zero-order chi connectivity index (χ0) is 11.6. The van der Waals surface area contributed by atoms with Crippen molar-refractivity contribution in [2.75, 3.05) is 19.8 Å². The lowest BCUT2D eigenvalue weighted by Gasteiger charge is -2.38. The van der Waals surface area contributed by atoms with Gasteiger partial charge in [-0.1, -0.05) is 30.7 Å². The molecule has 0 radical (unpaired) electrons. The molecule has 0 atom stereocenters. The molecular formula is C12H16ClNO2. The third kappa shape index (κ3) is 2.23. The van der Waals surface area contributed by atoms with Crippen LogP contribution in [0.3, 0.4) is 0 Å². The molecule has 0 aliphatic carbocycles. The molecule has 0 aromatic heterocycles. The molecule has 0 saturated carbocycles. The van der Waals surface area contributed by atoms with Gasteiger partial charge in [-0.25, -0.2) is 0 Å². The minimum absolute atomic E-state index is 0.307. The monoisotopic (exact) mass is 241 g/mol. The van der Waals surface area contributed by atoms with E-state index in [1.165, 1.54) is 0 Å². The molecule has 1 fully saturated rings. The normalized spacial score (nSPS) is 30.3. The van der Waals surface area contributed by atoms with Gasteiger partial charge in [0.05, 0.1) is 19.8 Å².